The van der Waals surface area contributed by atoms with E-state index in [0.29, 0.717) is 0 Å². The van der Waals surface area contributed by atoms with Gasteiger partial charge in [-0.3, -0.25) is 0 Å². The van der Waals surface area contributed by atoms with Crippen LogP contribution in [0.1, 0.15) is 16.7 Å². The Morgan fingerprint density at radius 2 is 1.59 bits per heavy atom. The number of para-hydroxylation sites is 1. The molecule has 0 heterocycles. The van der Waals surface area contributed by atoms with Crippen LogP contribution in [-0.4, -0.2) is 6.54 Å². The molecule has 0 aliphatic rings. The Bertz CT molecular complexity index is 471. The molecule has 2 rings (SSSR count). The molecule has 0 saturated carbocycles. The molecular weight excluding hydrogens is 206 g/mol. The van der Waals surface area contributed by atoms with E-state index in [-0.39, 0.29) is 0 Å². The Morgan fingerprint density at radius 1 is 0.882 bits per heavy atom. The van der Waals surface area contributed by atoms with E-state index in [2.05, 4.69) is 67.7 Å². The van der Waals surface area contributed by atoms with Gasteiger partial charge in [0.2, 0.25) is 0 Å². The van der Waals surface area contributed by atoms with E-state index in [0.717, 1.165) is 13.0 Å². The molecule has 0 radical (unpaired) electrons. The van der Waals surface area contributed by atoms with E-state index in [1.807, 2.05) is 0 Å². The standard InChI is InChI=1S/C16H19N/c1-13-7-9-15(10-8-13)11-12-17-16-6-4-3-5-14(16)2/h3-10,17H,11-12H2,1-2H3. The fourth-order valence-electron chi connectivity index (χ4n) is 1.87. The molecule has 0 aromatic heterocycles. The minimum atomic E-state index is 0.980. The normalized spacial score (nSPS) is 10.2. The Kier molecular flexibility index (Phi) is 3.81. The van der Waals surface area contributed by atoms with E-state index in [4.69, 9.17) is 0 Å². The van der Waals surface area contributed by atoms with Gasteiger partial charge in [0, 0.05) is 12.2 Å². The number of nitrogens with one attached hydrogen (secondary N) is 1. The lowest BCUT2D eigenvalue weighted by Crippen LogP contribution is -2.05. The minimum Gasteiger partial charge on any atom is -0.384 e. The van der Waals surface area contributed by atoms with Gasteiger partial charge in [0.15, 0.2) is 0 Å². The second-order valence-corrected chi connectivity index (χ2v) is 4.48. The van der Waals surface area contributed by atoms with Gasteiger partial charge in [-0.05, 0) is 37.5 Å². The third-order valence-corrected chi connectivity index (χ3v) is 2.99. The molecule has 2 aromatic rings. The largest absolute Gasteiger partial charge is 0.384 e. The van der Waals surface area contributed by atoms with Crippen molar-refractivity contribution in [2.24, 2.45) is 0 Å². The second-order valence-electron chi connectivity index (χ2n) is 4.48. The molecule has 0 bridgehead atoms. The summed E-state index contributed by atoms with van der Waals surface area (Å²) < 4.78 is 0. The maximum atomic E-state index is 3.48. The van der Waals surface area contributed by atoms with Crippen molar-refractivity contribution < 1.29 is 0 Å². The highest BCUT2D eigenvalue weighted by atomic mass is 14.9. The van der Waals surface area contributed by atoms with Crippen LogP contribution < -0.4 is 5.32 Å². The number of hydrogen-bond donors (Lipinski definition) is 1. The number of hydrogen-bond acceptors (Lipinski definition) is 1. The molecule has 1 heteroatoms. The molecule has 0 saturated heterocycles. The van der Waals surface area contributed by atoms with Crippen molar-refractivity contribution in [1.82, 2.24) is 0 Å². The Morgan fingerprint density at radius 3 is 2.29 bits per heavy atom. The molecule has 0 spiro atoms. The van der Waals surface area contributed by atoms with Gasteiger partial charge >= 0.3 is 0 Å². The Hall–Kier alpha value is -1.76. The third-order valence-electron chi connectivity index (χ3n) is 2.99. The SMILES string of the molecule is Cc1ccc(CCNc2ccccc2C)cc1. The maximum Gasteiger partial charge on any atom is 0.0369 e. The number of aryl methyl sites for hydroxylation is 2. The summed E-state index contributed by atoms with van der Waals surface area (Å²) in [7, 11) is 0. The highest BCUT2D eigenvalue weighted by molar-refractivity contribution is 5.50. The summed E-state index contributed by atoms with van der Waals surface area (Å²) in [6.07, 6.45) is 1.06. The fourth-order valence-corrected chi connectivity index (χ4v) is 1.87. The maximum absolute atomic E-state index is 3.48. The van der Waals surface area contributed by atoms with Crippen LogP contribution in [0.5, 0.6) is 0 Å². The average molecular weight is 225 g/mol. The van der Waals surface area contributed by atoms with Crippen LogP contribution >= 0.6 is 0 Å². The molecule has 88 valence electrons. The summed E-state index contributed by atoms with van der Waals surface area (Å²) >= 11 is 0. The van der Waals surface area contributed by atoms with Gasteiger partial charge in [-0.1, -0.05) is 48.0 Å². The first-order valence-corrected chi connectivity index (χ1v) is 6.11. The van der Waals surface area contributed by atoms with Crippen molar-refractivity contribution in [2.75, 3.05) is 11.9 Å². The van der Waals surface area contributed by atoms with Crippen molar-refractivity contribution in [1.29, 1.82) is 0 Å². The van der Waals surface area contributed by atoms with Crippen molar-refractivity contribution in [3.63, 3.8) is 0 Å². The summed E-state index contributed by atoms with van der Waals surface area (Å²) in [5.74, 6) is 0. The Labute approximate surface area is 103 Å². The lowest BCUT2D eigenvalue weighted by atomic mass is 10.1. The van der Waals surface area contributed by atoms with Crippen molar-refractivity contribution in [2.45, 2.75) is 20.3 Å². The minimum absolute atomic E-state index is 0.980. The van der Waals surface area contributed by atoms with Crippen LogP contribution in [0.15, 0.2) is 48.5 Å². The zero-order valence-corrected chi connectivity index (χ0v) is 10.5. The van der Waals surface area contributed by atoms with E-state index in [1.165, 1.54) is 22.4 Å². The molecule has 0 unspecified atom stereocenters. The van der Waals surface area contributed by atoms with E-state index >= 15 is 0 Å². The van der Waals surface area contributed by atoms with Crippen molar-refractivity contribution in [3.8, 4) is 0 Å². The lowest BCUT2D eigenvalue weighted by molar-refractivity contribution is 1.02. The van der Waals surface area contributed by atoms with Gasteiger partial charge in [0.25, 0.3) is 0 Å². The van der Waals surface area contributed by atoms with Gasteiger partial charge in [0.1, 0.15) is 0 Å². The molecule has 0 aliphatic heterocycles. The Balaban J connectivity index is 1.88. The third kappa shape index (κ3) is 3.35. The zero-order valence-electron chi connectivity index (χ0n) is 10.5. The molecule has 2 aromatic carbocycles. The molecule has 17 heavy (non-hydrogen) atoms. The second kappa shape index (κ2) is 5.53. The molecule has 0 fully saturated rings. The first-order valence-electron chi connectivity index (χ1n) is 6.11. The van der Waals surface area contributed by atoms with Crippen LogP contribution in [0, 0.1) is 13.8 Å². The first-order chi connectivity index (χ1) is 8.25. The van der Waals surface area contributed by atoms with E-state index < -0.39 is 0 Å². The van der Waals surface area contributed by atoms with Gasteiger partial charge in [-0.25, -0.2) is 0 Å². The van der Waals surface area contributed by atoms with Gasteiger partial charge < -0.3 is 5.32 Å². The smallest absolute Gasteiger partial charge is 0.0369 e. The molecule has 0 amide bonds. The molecular formula is C16H19N. The highest BCUT2D eigenvalue weighted by Crippen LogP contribution is 2.13. The first kappa shape index (κ1) is 11.7. The van der Waals surface area contributed by atoms with Gasteiger partial charge in [-0.2, -0.15) is 0 Å². The number of rotatable bonds is 4. The number of benzene rings is 2. The van der Waals surface area contributed by atoms with Crippen LogP contribution in [0.2, 0.25) is 0 Å². The quantitative estimate of drug-likeness (QED) is 0.830. The summed E-state index contributed by atoms with van der Waals surface area (Å²) in [5.41, 5.74) is 5.24. The van der Waals surface area contributed by atoms with Crippen LogP contribution in [0.25, 0.3) is 0 Å². The predicted octanol–water partition coefficient (Wildman–Crippen LogP) is 3.96. The average Bonchev–Trinajstić information content (AvgIpc) is 2.34. The highest BCUT2D eigenvalue weighted by Gasteiger charge is 1.96. The molecule has 1 N–H and O–H groups in total. The van der Waals surface area contributed by atoms with Gasteiger partial charge in [-0.15, -0.1) is 0 Å². The van der Waals surface area contributed by atoms with Crippen molar-refractivity contribution >= 4 is 5.69 Å². The summed E-state index contributed by atoms with van der Waals surface area (Å²) in [5, 5.41) is 3.48. The van der Waals surface area contributed by atoms with Crippen molar-refractivity contribution in [3.05, 3.63) is 65.2 Å². The van der Waals surface area contributed by atoms with Gasteiger partial charge in [0.05, 0.1) is 0 Å². The monoisotopic (exact) mass is 225 g/mol. The van der Waals surface area contributed by atoms with E-state index in [1.54, 1.807) is 0 Å². The molecule has 1 nitrogen and oxygen atoms in total. The lowest BCUT2D eigenvalue weighted by Gasteiger charge is -2.09. The predicted molar refractivity (Wildman–Crippen MR) is 74.6 cm³/mol. The summed E-state index contributed by atoms with van der Waals surface area (Å²) in [6.45, 7) is 5.23. The topological polar surface area (TPSA) is 12.0 Å². The fraction of sp³-hybridized carbons (Fsp3) is 0.250. The molecule has 0 atom stereocenters. The summed E-state index contributed by atoms with van der Waals surface area (Å²) in [4.78, 5) is 0. The molecule has 0 aliphatic carbocycles. The summed E-state index contributed by atoms with van der Waals surface area (Å²) in [6, 6.07) is 17.1. The number of anilines is 1. The van der Waals surface area contributed by atoms with E-state index in [9.17, 15) is 0 Å². The van der Waals surface area contributed by atoms with Crippen LogP contribution in [0.3, 0.4) is 0 Å². The van der Waals surface area contributed by atoms with Crippen LogP contribution in [0.4, 0.5) is 5.69 Å². The zero-order chi connectivity index (χ0) is 12.1. The van der Waals surface area contributed by atoms with Crippen LogP contribution in [-0.2, 0) is 6.42 Å².